The molecule has 1 aromatic carbocycles. The average molecular weight is 280 g/mol. The SMILES string of the molecule is N#Cc1cccc(Oc2cnc3[nH]cc(C(=O)O)c3n2)c1. The Bertz CT molecular complexity index is 879. The number of aromatic amines is 1. The number of carbonyl (C=O) groups is 1. The van der Waals surface area contributed by atoms with Crippen LogP contribution in [0.5, 0.6) is 11.6 Å². The van der Waals surface area contributed by atoms with E-state index in [1.165, 1.54) is 12.4 Å². The van der Waals surface area contributed by atoms with Crippen molar-refractivity contribution < 1.29 is 14.6 Å². The average Bonchev–Trinajstić information content (AvgIpc) is 2.91. The Morgan fingerprint density at radius 3 is 3.05 bits per heavy atom. The van der Waals surface area contributed by atoms with E-state index >= 15 is 0 Å². The Balaban J connectivity index is 1.99. The number of hydrogen-bond acceptors (Lipinski definition) is 5. The lowest BCUT2D eigenvalue weighted by atomic mass is 10.2. The maximum absolute atomic E-state index is 11.1. The molecular formula is C14H8N4O3. The predicted molar refractivity (Wildman–Crippen MR) is 72.1 cm³/mol. The van der Waals surface area contributed by atoms with Crippen molar-refractivity contribution in [2.24, 2.45) is 0 Å². The second kappa shape index (κ2) is 4.94. The minimum absolute atomic E-state index is 0.0220. The predicted octanol–water partition coefficient (Wildman–Crippen LogP) is 2.32. The first-order valence-electron chi connectivity index (χ1n) is 5.93. The van der Waals surface area contributed by atoms with Crippen molar-refractivity contribution >= 4 is 17.1 Å². The normalized spacial score (nSPS) is 10.2. The lowest BCUT2D eigenvalue weighted by molar-refractivity contribution is 0.0699. The molecule has 21 heavy (non-hydrogen) atoms. The highest BCUT2D eigenvalue weighted by Crippen LogP contribution is 2.22. The fourth-order valence-corrected chi connectivity index (χ4v) is 1.84. The molecule has 0 saturated carbocycles. The van der Waals surface area contributed by atoms with Crippen LogP contribution in [0.4, 0.5) is 0 Å². The van der Waals surface area contributed by atoms with Gasteiger partial charge in [0.15, 0.2) is 5.65 Å². The maximum atomic E-state index is 11.1. The Morgan fingerprint density at radius 2 is 2.29 bits per heavy atom. The van der Waals surface area contributed by atoms with Crippen molar-refractivity contribution in [3.63, 3.8) is 0 Å². The quantitative estimate of drug-likeness (QED) is 0.761. The first-order chi connectivity index (χ1) is 10.2. The summed E-state index contributed by atoms with van der Waals surface area (Å²) < 4.78 is 5.50. The van der Waals surface area contributed by atoms with Gasteiger partial charge in [-0.3, -0.25) is 0 Å². The molecule has 2 heterocycles. The van der Waals surface area contributed by atoms with Gasteiger partial charge in [0.05, 0.1) is 17.8 Å². The van der Waals surface area contributed by atoms with Crippen LogP contribution in [0.2, 0.25) is 0 Å². The molecule has 7 nitrogen and oxygen atoms in total. The van der Waals surface area contributed by atoms with Gasteiger partial charge in [0.25, 0.3) is 0 Å². The number of H-pyrrole nitrogens is 1. The minimum Gasteiger partial charge on any atom is -0.478 e. The summed E-state index contributed by atoms with van der Waals surface area (Å²) in [7, 11) is 0. The molecule has 0 fully saturated rings. The zero-order valence-corrected chi connectivity index (χ0v) is 10.6. The molecule has 3 aromatic rings. The second-order valence-corrected chi connectivity index (χ2v) is 4.15. The van der Waals surface area contributed by atoms with E-state index in [1.807, 2.05) is 6.07 Å². The summed E-state index contributed by atoms with van der Waals surface area (Å²) in [5.41, 5.74) is 1.06. The highest BCUT2D eigenvalue weighted by molar-refractivity contribution is 6.00. The van der Waals surface area contributed by atoms with Gasteiger partial charge in [0.2, 0.25) is 5.88 Å². The van der Waals surface area contributed by atoms with Gasteiger partial charge in [0.1, 0.15) is 16.8 Å². The number of benzene rings is 1. The van der Waals surface area contributed by atoms with Crippen LogP contribution >= 0.6 is 0 Å². The number of aromatic carboxylic acids is 1. The van der Waals surface area contributed by atoms with Gasteiger partial charge in [-0.05, 0) is 18.2 Å². The van der Waals surface area contributed by atoms with Crippen LogP contribution in [0.25, 0.3) is 11.2 Å². The van der Waals surface area contributed by atoms with Crippen molar-refractivity contribution in [1.29, 1.82) is 5.26 Å². The van der Waals surface area contributed by atoms with Crippen molar-refractivity contribution in [3.05, 3.63) is 47.8 Å². The van der Waals surface area contributed by atoms with E-state index in [9.17, 15) is 4.79 Å². The van der Waals surface area contributed by atoms with Crippen molar-refractivity contribution in [2.75, 3.05) is 0 Å². The lowest BCUT2D eigenvalue weighted by Crippen LogP contribution is -1.96. The van der Waals surface area contributed by atoms with Crippen molar-refractivity contribution in [2.45, 2.75) is 0 Å². The number of rotatable bonds is 3. The summed E-state index contributed by atoms with van der Waals surface area (Å²) in [6.45, 7) is 0. The summed E-state index contributed by atoms with van der Waals surface area (Å²) in [5, 5.41) is 17.9. The molecule has 0 aliphatic heterocycles. The first-order valence-corrected chi connectivity index (χ1v) is 5.93. The number of aromatic nitrogens is 3. The van der Waals surface area contributed by atoms with Gasteiger partial charge < -0.3 is 14.8 Å². The number of nitriles is 1. The summed E-state index contributed by atoms with van der Waals surface area (Å²) in [6.07, 6.45) is 2.70. The van der Waals surface area contributed by atoms with Gasteiger partial charge >= 0.3 is 5.97 Å². The molecule has 0 aliphatic rings. The molecule has 0 bridgehead atoms. The maximum Gasteiger partial charge on any atom is 0.339 e. The van der Waals surface area contributed by atoms with E-state index in [4.69, 9.17) is 15.1 Å². The third-order valence-corrected chi connectivity index (χ3v) is 2.77. The third kappa shape index (κ3) is 2.37. The highest BCUT2D eigenvalue weighted by Gasteiger charge is 2.14. The third-order valence-electron chi connectivity index (χ3n) is 2.77. The fraction of sp³-hybridized carbons (Fsp3) is 0. The highest BCUT2D eigenvalue weighted by atomic mass is 16.5. The molecule has 3 rings (SSSR count). The summed E-state index contributed by atoms with van der Waals surface area (Å²) in [4.78, 5) is 22.0. The van der Waals surface area contributed by atoms with Gasteiger partial charge in [-0.25, -0.2) is 14.8 Å². The molecule has 0 unspecified atom stereocenters. The fourth-order valence-electron chi connectivity index (χ4n) is 1.84. The molecule has 7 heteroatoms. The van der Waals surface area contributed by atoms with E-state index in [0.29, 0.717) is 17.0 Å². The van der Waals surface area contributed by atoms with Gasteiger partial charge in [-0.1, -0.05) is 6.07 Å². The van der Waals surface area contributed by atoms with Crippen LogP contribution < -0.4 is 4.74 Å². The van der Waals surface area contributed by atoms with Crippen molar-refractivity contribution in [1.82, 2.24) is 15.0 Å². The van der Waals surface area contributed by atoms with Gasteiger partial charge in [-0.2, -0.15) is 5.26 Å². The van der Waals surface area contributed by atoms with Crippen LogP contribution in [0, 0.1) is 11.3 Å². The Morgan fingerprint density at radius 1 is 1.43 bits per heavy atom. The van der Waals surface area contributed by atoms with Crippen LogP contribution in [-0.2, 0) is 0 Å². The molecule has 0 amide bonds. The monoisotopic (exact) mass is 280 g/mol. The molecular weight excluding hydrogens is 272 g/mol. The smallest absolute Gasteiger partial charge is 0.339 e. The zero-order valence-electron chi connectivity index (χ0n) is 10.6. The summed E-state index contributed by atoms with van der Waals surface area (Å²) >= 11 is 0. The van der Waals surface area contributed by atoms with Gasteiger partial charge in [0, 0.05) is 6.20 Å². The zero-order chi connectivity index (χ0) is 14.8. The van der Waals surface area contributed by atoms with Crippen LogP contribution in [0.3, 0.4) is 0 Å². The molecule has 0 atom stereocenters. The summed E-state index contributed by atoms with van der Waals surface area (Å²) in [5.74, 6) is -0.519. The number of carboxylic acid groups (broad SMARTS) is 1. The number of nitrogens with zero attached hydrogens (tertiary/aromatic N) is 3. The number of nitrogens with one attached hydrogen (secondary N) is 1. The number of carboxylic acids is 1. The molecule has 0 spiro atoms. The number of ether oxygens (including phenoxy) is 1. The molecule has 102 valence electrons. The molecule has 0 saturated heterocycles. The van der Waals surface area contributed by atoms with Gasteiger partial charge in [-0.15, -0.1) is 0 Å². The topological polar surface area (TPSA) is 112 Å². The van der Waals surface area contributed by atoms with E-state index < -0.39 is 5.97 Å². The standard InChI is InChI=1S/C14H8N4O3/c15-5-8-2-1-3-9(4-8)21-11-7-17-13-12(18-11)10(6-16-13)14(19)20/h1-4,6-7H,(H,16,17)(H,19,20). The van der Waals surface area contributed by atoms with E-state index in [2.05, 4.69) is 15.0 Å². The summed E-state index contributed by atoms with van der Waals surface area (Å²) in [6, 6.07) is 8.56. The first kappa shape index (κ1) is 12.6. The lowest BCUT2D eigenvalue weighted by Gasteiger charge is -2.04. The molecule has 2 N–H and O–H groups in total. The molecule has 0 aliphatic carbocycles. The van der Waals surface area contributed by atoms with Crippen molar-refractivity contribution in [3.8, 4) is 17.7 Å². The minimum atomic E-state index is -1.10. The number of fused-ring (bicyclic) bond motifs is 1. The van der Waals surface area contributed by atoms with Crippen LogP contribution in [0.15, 0.2) is 36.7 Å². The van der Waals surface area contributed by atoms with Crippen LogP contribution in [-0.4, -0.2) is 26.0 Å². The second-order valence-electron chi connectivity index (χ2n) is 4.15. The molecule has 2 aromatic heterocycles. The van der Waals surface area contributed by atoms with E-state index in [1.54, 1.807) is 24.3 Å². The Labute approximate surface area is 118 Å². The number of hydrogen-bond donors (Lipinski definition) is 2. The molecule has 0 radical (unpaired) electrons. The largest absolute Gasteiger partial charge is 0.478 e. The van der Waals surface area contributed by atoms with Crippen LogP contribution in [0.1, 0.15) is 15.9 Å². The van der Waals surface area contributed by atoms with E-state index in [0.717, 1.165) is 0 Å². The van der Waals surface area contributed by atoms with E-state index in [-0.39, 0.29) is 17.0 Å². The Hall–Kier alpha value is -3.40. The Kier molecular flexibility index (Phi) is 2.97.